The van der Waals surface area contributed by atoms with Gasteiger partial charge in [-0.25, -0.2) is 0 Å². The summed E-state index contributed by atoms with van der Waals surface area (Å²) >= 11 is 3.43. The Bertz CT molecular complexity index is 613. The fourth-order valence-electron chi connectivity index (χ4n) is 2.11. The third-order valence-corrected chi connectivity index (χ3v) is 3.70. The normalized spacial score (nSPS) is 10.2. The summed E-state index contributed by atoms with van der Waals surface area (Å²) in [6, 6.07) is 15.1. The van der Waals surface area contributed by atoms with E-state index in [2.05, 4.69) is 27.3 Å². The van der Waals surface area contributed by atoms with E-state index in [1.807, 2.05) is 30.3 Å². The maximum atomic E-state index is 12.3. The molecule has 21 heavy (non-hydrogen) atoms. The molecule has 0 unspecified atom stereocenters. The number of carbonyl (C=O) groups excluding carboxylic acids is 1. The summed E-state index contributed by atoms with van der Waals surface area (Å²) < 4.78 is 5.21. The SMILES string of the molecule is COc1ccccc1C(=O)Nc1cccc(CCCBr)c1. The lowest BCUT2D eigenvalue weighted by Crippen LogP contribution is -2.13. The number of aryl methyl sites for hydroxylation is 1. The number of amides is 1. The van der Waals surface area contributed by atoms with Crippen molar-refractivity contribution in [1.29, 1.82) is 0 Å². The van der Waals surface area contributed by atoms with Crippen LogP contribution in [0.15, 0.2) is 48.5 Å². The summed E-state index contributed by atoms with van der Waals surface area (Å²) in [5.74, 6) is 0.413. The van der Waals surface area contributed by atoms with Crippen LogP contribution >= 0.6 is 15.9 Å². The van der Waals surface area contributed by atoms with Gasteiger partial charge in [-0.1, -0.05) is 40.2 Å². The zero-order chi connectivity index (χ0) is 15.1. The third-order valence-electron chi connectivity index (χ3n) is 3.14. The number of para-hydroxylation sites is 1. The summed E-state index contributed by atoms with van der Waals surface area (Å²) in [6.45, 7) is 0. The number of rotatable bonds is 6. The Hall–Kier alpha value is -1.81. The molecule has 1 amide bonds. The van der Waals surface area contributed by atoms with Gasteiger partial charge in [0.15, 0.2) is 0 Å². The highest BCUT2D eigenvalue weighted by Gasteiger charge is 2.11. The van der Waals surface area contributed by atoms with Gasteiger partial charge in [0.1, 0.15) is 5.75 Å². The number of halogens is 1. The van der Waals surface area contributed by atoms with Crippen molar-refractivity contribution in [3.63, 3.8) is 0 Å². The Morgan fingerprint density at radius 2 is 2.00 bits per heavy atom. The van der Waals surface area contributed by atoms with Crippen molar-refractivity contribution in [2.75, 3.05) is 17.8 Å². The third kappa shape index (κ3) is 4.33. The molecule has 0 aliphatic heterocycles. The molecule has 2 aromatic carbocycles. The maximum absolute atomic E-state index is 12.3. The van der Waals surface area contributed by atoms with Gasteiger partial charge < -0.3 is 10.1 Å². The second-order valence-electron chi connectivity index (χ2n) is 4.65. The van der Waals surface area contributed by atoms with Gasteiger partial charge in [-0.3, -0.25) is 4.79 Å². The molecule has 0 aliphatic carbocycles. The highest BCUT2D eigenvalue weighted by atomic mass is 79.9. The quantitative estimate of drug-likeness (QED) is 0.792. The van der Waals surface area contributed by atoms with Crippen LogP contribution in [-0.4, -0.2) is 18.3 Å². The molecule has 3 nitrogen and oxygen atoms in total. The second kappa shape index (κ2) is 7.84. The molecule has 0 saturated carbocycles. The van der Waals surface area contributed by atoms with Crippen molar-refractivity contribution in [2.45, 2.75) is 12.8 Å². The molecular formula is C17H18BrNO2. The largest absolute Gasteiger partial charge is 0.496 e. The number of hydrogen-bond donors (Lipinski definition) is 1. The molecule has 0 aliphatic rings. The summed E-state index contributed by atoms with van der Waals surface area (Å²) in [5.41, 5.74) is 2.55. The molecule has 2 rings (SSSR count). The van der Waals surface area contributed by atoms with Crippen molar-refractivity contribution < 1.29 is 9.53 Å². The summed E-state index contributed by atoms with van der Waals surface area (Å²) in [7, 11) is 1.56. The van der Waals surface area contributed by atoms with E-state index in [1.54, 1.807) is 19.2 Å². The Morgan fingerprint density at radius 3 is 2.76 bits per heavy atom. The lowest BCUT2D eigenvalue weighted by molar-refractivity contribution is 0.102. The predicted molar refractivity (Wildman–Crippen MR) is 89.5 cm³/mol. The van der Waals surface area contributed by atoms with E-state index >= 15 is 0 Å². The van der Waals surface area contributed by atoms with E-state index in [9.17, 15) is 4.79 Å². The van der Waals surface area contributed by atoms with Crippen LogP contribution in [0.2, 0.25) is 0 Å². The van der Waals surface area contributed by atoms with Crippen LogP contribution in [0, 0.1) is 0 Å². The number of carbonyl (C=O) groups is 1. The topological polar surface area (TPSA) is 38.3 Å². The molecule has 1 N–H and O–H groups in total. The minimum atomic E-state index is -0.162. The van der Waals surface area contributed by atoms with Gasteiger partial charge in [-0.05, 0) is 42.7 Å². The van der Waals surface area contributed by atoms with Gasteiger partial charge in [0.05, 0.1) is 12.7 Å². The van der Waals surface area contributed by atoms with Gasteiger partial charge >= 0.3 is 0 Å². The van der Waals surface area contributed by atoms with Gasteiger partial charge in [0, 0.05) is 11.0 Å². The Morgan fingerprint density at radius 1 is 1.19 bits per heavy atom. The van der Waals surface area contributed by atoms with Crippen molar-refractivity contribution >= 4 is 27.5 Å². The van der Waals surface area contributed by atoms with Gasteiger partial charge in [-0.2, -0.15) is 0 Å². The van der Waals surface area contributed by atoms with Crippen molar-refractivity contribution in [1.82, 2.24) is 0 Å². The minimum Gasteiger partial charge on any atom is -0.496 e. The van der Waals surface area contributed by atoms with E-state index in [0.717, 1.165) is 23.9 Å². The van der Waals surface area contributed by atoms with Crippen LogP contribution in [-0.2, 0) is 6.42 Å². The number of ether oxygens (including phenoxy) is 1. The Balaban J connectivity index is 2.12. The smallest absolute Gasteiger partial charge is 0.259 e. The predicted octanol–water partition coefficient (Wildman–Crippen LogP) is 4.28. The van der Waals surface area contributed by atoms with Gasteiger partial charge in [-0.15, -0.1) is 0 Å². The van der Waals surface area contributed by atoms with Crippen LogP contribution in [0.1, 0.15) is 22.3 Å². The Labute approximate surface area is 133 Å². The van der Waals surface area contributed by atoms with Gasteiger partial charge in [0.25, 0.3) is 5.91 Å². The first-order chi connectivity index (χ1) is 10.2. The van der Waals surface area contributed by atoms with Gasteiger partial charge in [0.2, 0.25) is 0 Å². The van der Waals surface area contributed by atoms with Crippen molar-refractivity contribution in [3.05, 3.63) is 59.7 Å². The summed E-state index contributed by atoms with van der Waals surface area (Å²) in [6.07, 6.45) is 2.06. The number of benzene rings is 2. The molecule has 110 valence electrons. The molecule has 0 bridgehead atoms. The maximum Gasteiger partial charge on any atom is 0.259 e. The molecule has 0 fully saturated rings. The van der Waals surface area contributed by atoms with Crippen LogP contribution in [0.25, 0.3) is 0 Å². The number of nitrogens with one attached hydrogen (secondary N) is 1. The number of anilines is 1. The molecule has 0 heterocycles. The summed E-state index contributed by atoms with van der Waals surface area (Å²) in [5, 5.41) is 3.90. The molecule has 0 radical (unpaired) electrons. The lowest BCUT2D eigenvalue weighted by Gasteiger charge is -2.10. The zero-order valence-electron chi connectivity index (χ0n) is 11.9. The van der Waals surface area contributed by atoms with Crippen LogP contribution in [0.4, 0.5) is 5.69 Å². The highest BCUT2D eigenvalue weighted by molar-refractivity contribution is 9.09. The fourth-order valence-corrected chi connectivity index (χ4v) is 2.39. The molecule has 0 aromatic heterocycles. The molecule has 0 atom stereocenters. The number of methoxy groups -OCH3 is 1. The van der Waals surface area contributed by atoms with Crippen molar-refractivity contribution in [3.8, 4) is 5.75 Å². The van der Waals surface area contributed by atoms with Crippen LogP contribution < -0.4 is 10.1 Å². The highest BCUT2D eigenvalue weighted by Crippen LogP contribution is 2.20. The Kier molecular flexibility index (Phi) is 5.81. The standard InChI is InChI=1S/C17H18BrNO2/c1-21-16-10-3-2-9-15(16)17(20)19-14-8-4-6-13(12-14)7-5-11-18/h2-4,6,8-10,12H,5,7,11H2,1H3,(H,19,20). The molecule has 0 spiro atoms. The van der Waals surface area contributed by atoms with E-state index in [1.165, 1.54) is 5.56 Å². The van der Waals surface area contributed by atoms with E-state index < -0.39 is 0 Å². The average Bonchev–Trinajstić information content (AvgIpc) is 2.53. The summed E-state index contributed by atoms with van der Waals surface area (Å²) in [4.78, 5) is 12.3. The second-order valence-corrected chi connectivity index (χ2v) is 5.44. The fraction of sp³-hybridized carbons (Fsp3) is 0.235. The van der Waals surface area contributed by atoms with E-state index in [-0.39, 0.29) is 5.91 Å². The zero-order valence-corrected chi connectivity index (χ0v) is 13.5. The first-order valence-corrected chi connectivity index (χ1v) is 7.96. The lowest BCUT2D eigenvalue weighted by atomic mass is 10.1. The monoisotopic (exact) mass is 347 g/mol. The number of hydrogen-bond acceptors (Lipinski definition) is 2. The van der Waals surface area contributed by atoms with Crippen LogP contribution in [0.5, 0.6) is 5.75 Å². The molecule has 2 aromatic rings. The molecular weight excluding hydrogens is 330 g/mol. The first-order valence-electron chi connectivity index (χ1n) is 6.84. The first kappa shape index (κ1) is 15.6. The van der Waals surface area contributed by atoms with E-state index in [0.29, 0.717) is 11.3 Å². The van der Waals surface area contributed by atoms with Crippen molar-refractivity contribution in [2.24, 2.45) is 0 Å². The average molecular weight is 348 g/mol. The molecule has 0 saturated heterocycles. The minimum absolute atomic E-state index is 0.162. The number of alkyl halides is 1. The molecule has 4 heteroatoms. The van der Waals surface area contributed by atoms with Crippen LogP contribution in [0.3, 0.4) is 0 Å². The van der Waals surface area contributed by atoms with E-state index in [4.69, 9.17) is 4.74 Å².